The van der Waals surface area contributed by atoms with Crippen LogP contribution in [0.25, 0.3) is 16.8 Å². The summed E-state index contributed by atoms with van der Waals surface area (Å²) in [6.07, 6.45) is 1.83. The highest BCUT2D eigenvalue weighted by Crippen LogP contribution is 2.32. The minimum absolute atomic E-state index is 0.176. The summed E-state index contributed by atoms with van der Waals surface area (Å²) < 4.78 is 29.2. The van der Waals surface area contributed by atoms with E-state index in [1.54, 1.807) is 26.0 Å². The van der Waals surface area contributed by atoms with Gasteiger partial charge in [-0.05, 0) is 117 Å². The van der Waals surface area contributed by atoms with Crippen molar-refractivity contribution in [3.63, 3.8) is 0 Å². The maximum atomic E-state index is 13.9. The van der Waals surface area contributed by atoms with E-state index in [0.717, 1.165) is 29.4 Å². The summed E-state index contributed by atoms with van der Waals surface area (Å²) in [5, 5.41) is 2.33. The van der Waals surface area contributed by atoms with Gasteiger partial charge in [-0.2, -0.15) is 0 Å². The molecule has 1 atom stereocenters. The van der Waals surface area contributed by atoms with Gasteiger partial charge in [-0.1, -0.05) is 65.9 Å². The number of rotatable bonds is 7. The summed E-state index contributed by atoms with van der Waals surface area (Å²) in [4.78, 5) is 32.0. The Balaban J connectivity index is 1.37. The molecule has 6 nitrogen and oxygen atoms in total. The Hall–Kier alpha value is -3.36. The number of hydrogen-bond donors (Lipinski definition) is 0. The van der Waals surface area contributed by atoms with E-state index in [9.17, 15) is 14.0 Å². The zero-order valence-electron chi connectivity index (χ0n) is 23.6. The summed E-state index contributed by atoms with van der Waals surface area (Å²) >= 11 is 5.76. The number of esters is 1. The fourth-order valence-corrected chi connectivity index (χ4v) is 8.45. The molecule has 1 aliphatic heterocycles. The van der Waals surface area contributed by atoms with Gasteiger partial charge in [0.2, 0.25) is 0 Å². The van der Waals surface area contributed by atoms with Crippen LogP contribution in [0.4, 0.5) is 4.39 Å². The van der Waals surface area contributed by atoms with Crippen LogP contribution in [0, 0.1) is 13.0 Å². The number of benzene rings is 4. The number of allylic oxidation sites excluding steroid dienone is 1. The highest BCUT2D eigenvalue weighted by atomic mass is 127. The van der Waals surface area contributed by atoms with Gasteiger partial charge in [0.25, 0.3) is 5.56 Å². The van der Waals surface area contributed by atoms with E-state index < -0.39 is 17.8 Å². The van der Waals surface area contributed by atoms with Crippen LogP contribution < -0.4 is 19.6 Å². The first-order valence-corrected chi connectivity index (χ1v) is 16.8. The molecule has 0 saturated heterocycles. The molecule has 0 spiro atoms. The zero-order chi connectivity index (χ0) is 31.0. The van der Waals surface area contributed by atoms with Crippen molar-refractivity contribution in [2.45, 2.75) is 26.5 Å². The predicted molar refractivity (Wildman–Crippen MR) is 187 cm³/mol. The van der Waals surface area contributed by atoms with E-state index in [1.165, 1.54) is 33.4 Å². The standard InChI is InChI=1S/C34H25FI2N2O4S/c1-3-42-33(41)29-19(2)38-34-39(30(29)22-11-13-24(35)14-12-22)32(40)28(44-34)17-20-15-26(36)31(27(37)16-20)43-18-23-9-6-8-21-7-4-5-10-25(21)23/h4-17,30H,3,18H2,1-2H3/b28-17-/t30-/m1/s1. The van der Waals surface area contributed by atoms with Gasteiger partial charge in [0.05, 0.1) is 35.6 Å². The van der Waals surface area contributed by atoms with Crippen LogP contribution >= 0.6 is 56.5 Å². The summed E-state index contributed by atoms with van der Waals surface area (Å²) in [6.45, 7) is 4.05. The Morgan fingerprint density at radius 1 is 1.05 bits per heavy atom. The predicted octanol–water partition coefficient (Wildman–Crippen LogP) is 6.88. The Labute approximate surface area is 283 Å². The zero-order valence-corrected chi connectivity index (χ0v) is 28.8. The minimum Gasteiger partial charge on any atom is -0.487 e. The fraction of sp³-hybridized carbons (Fsp3) is 0.147. The number of fused-ring (bicyclic) bond motifs is 2. The first kappa shape index (κ1) is 30.7. The third kappa shape index (κ3) is 5.98. The third-order valence-corrected chi connectivity index (χ3v) is 9.86. The number of carbonyl (C=O) groups excluding carboxylic acids is 1. The molecule has 222 valence electrons. The summed E-state index contributed by atoms with van der Waals surface area (Å²) in [5.41, 5.74) is 2.96. The molecule has 5 aromatic rings. The minimum atomic E-state index is -0.793. The molecule has 2 heterocycles. The number of hydrogen-bond acceptors (Lipinski definition) is 6. The van der Waals surface area contributed by atoms with Crippen LogP contribution in [0.15, 0.2) is 99.9 Å². The van der Waals surface area contributed by atoms with Crippen molar-refractivity contribution in [2.24, 2.45) is 4.99 Å². The van der Waals surface area contributed by atoms with Crippen molar-refractivity contribution in [3.8, 4) is 5.75 Å². The lowest BCUT2D eigenvalue weighted by atomic mass is 9.96. The van der Waals surface area contributed by atoms with Crippen LogP contribution in [0.5, 0.6) is 5.75 Å². The van der Waals surface area contributed by atoms with Gasteiger partial charge in [-0.25, -0.2) is 14.2 Å². The Morgan fingerprint density at radius 3 is 2.48 bits per heavy atom. The first-order valence-electron chi connectivity index (χ1n) is 13.8. The smallest absolute Gasteiger partial charge is 0.338 e. The molecule has 1 aliphatic rings. The molecule has 0 aliphatic carbocycles. The second kappa shape index (κ2) is 12.9. The summed E-state index contributed by atoms with van der Waals surface area (Å²) in [6, 6.07) is 23.4. The quantitative estimate of drug-likeness (QED) is 0.133. The van der Waals surface area contributed by atoms with Gasteiger partial charge >= 0.3 is 5.97 Å². The molecule has 6 rings (SSSR count). The van der Waals surface area contributed by atoms with Crippen LogP contribution in [0.1, 0.15) is 36.6 Å². The van der Waals surface area contributed by atoms with Crippen molar-refractivity contribution in [1.29, 1.82) is 0 Å². The second-order valence-corrected chi connectivity index (χ2v) is 13.4. The van der Waals surface area contributed by atoms with E-state index in [2.05, 4.69) is 74.4 Å². The van der Waals surface area contributed by atoms with Crippen molar-refractivity contribution in [1.82, 2.24) is 4.57 Å². The van der Waals surface area contributed by atoms with Gasteiger partial charge in [-0.3, -0.25) is 9.36 Å². The first-order chi connectivity index (χ1) is 21.2. The maximum Gasteiger partial charge on any atom is 0.338 e. The van der Waals surface area contributed by atoms with Crippen molar-refractivity contribution >= 4 is 79.3 Å². The van der Waals surface area contributed by atoms with E-state index in [4.69, 9.17) is 9.47 Å². The van der Waals surface area contributed by atoms with Gasteiger partial charge in [-0.15, -0.1) is 0 Å². The van der Waals surface area contributed by atoms with E-state index in [-0.39, 0.29) is 17.7 Å². The summed E-state index contributed by atoms with van der Waals surface area (Å²) in [5.74, 6) is -0.183. The maximum absolute atomic E-state index is 13.9. The number of carbonyl (C=O) groups is 1. The van der Waals surface area contributed by atoms with E-state index in [1.807, 2.05) is 36.4 Å². The van der Waals surface area contributed by atoms with Gasteiger partial charge < -0.3 is 9.47 Å². The number of nitrogens with zero attached hydrogens (tertiary/aromatic N) is 2. The Morgan fingerprint density at radius 2 is 1.75 bits per heavy atom. The third-order valence-electron chi connectivity index (χ3n) is 7.27. The lowest BCUT2D eigenvalue weighted by Gasteiger charge is -2.24. The molecule has 0 bridgehead atoms. The van der Waals surface area contributed by atoms with Crippen molar-refractivity contribution < 1.29 is 18.7 Å². The fourth-order valence-electron chi connectivity index (χ4n) is 5.27. The molecule has 0 saturated carbocycles. The molecule has 4 aromatic carbocycles. The van der Waals surface area contributed by atoms with Crippen LogP contribution in [0.3, 0.4) is 0 Å². The Kier molecular flexibility index (Phi) is 9.01. The number of thiazole rings is 1. The van der Waals surface area contributed by atoms with Gasteiger partial charge in [0.15, 0.2) is 4.80 Å². The number of halogens is 3. The molecule has 0 unspecified atom stereocenters. The highest BCUT2D eigenvalue weighted by Gasteiger charge is 2.33. The monoisotopic (exact) mass is 830 g/mol. The molecule has 10 heteroatoms. The normalized spacial score (nSPS) is 14.8. The lowest BCUT2D eigenvalue weighted by molar-refractivity contribution is -0.139. The molecule has 1 aromatic heterocycles. The van der Waals surface area contributed by atoms with Crippen LogP contribution in [-0.4, -0.2) is 17.1 Å². The van der Waals surface area contributed by atoms with Crippen LogP contribution in [-0.2, 0) is 16.1 Å². The van der Waals surface area contributed by atoms with E-state index in [0.29, 0.717) is 27.2 Å². The number of aromatic nitrogens is 1. The largest absolute Gasteiger partial charge is 0.487 e. The van der Waals surface area contributed by atoms with Crippen LogP contribution in [0.2, 0.25) is 0 Å². The Bertz CT molecular complexity index is 2110. The molecule has 0 fully saturated rings. The van der Waals surface area contributed by atoms with Crippen molar-refractivity contribution in [3.05, 3.63) is 139 Å². The second-order valence-electron chi connectivity index (χ2n) is 10.1. The average molecular weight is 830 g/mol. The number of ether oxygens (including phenoxy) is 2. The molecule has 0 N–H and O–H groups in total. The molecular formula is C34H25FI2N2O4S. The average Bonchev–Trinajstić information content (AvgIpc) is 3.30. The topological polar surface area (TPSA) is 69.9 Å². The molecule has 44 heavy (non-hydrogen) atoms. The highest BCUT2D eigenvalue weighted by molar-refractivity contribution is 14.1. The molecule has 0 radical (unpaired) electrons. The lowest BCUT2D eigenvalue weighted by Crippen LogP contribution is -2.39. The van der Waals surface area contributed by atoms with E-state index >= 15 is 0 Å². The summed E-state index contributed by atoms with van der Waals surface area (Å²) in [7, 11) is 0. The molecular weight excluding hydrogens is 805 g/mol. The van der Waals surface area contributed by atoms with Gasteiger partial charge in [0, 0.05) is 0 Å². The SMILES string of the molecule is CCOC(=O)C1=C(C)N=c2s/c(=C\c3cc(I)c(OCc4cccc5ccccc45)c(I)c3)c(=O)n2[C@@H]1c1ccc(F)cc1. The van der Waals surface area contributed by atoms with Crippen molar-refractivity contribution in [2.75, 3.05) is 6.61 Å². The molecule has 0 amide bonds. The van der Waals surface area contributed by atoms with Gasteiger partial charge in [0.1, 0.15) is 18.2 Å².